The van der Waals surface area contributed by atoms with Crippen molar-refractivity contribution < 1.29 is 24.1 Å². The van der Waals surface area contributed by atoms with Crippen LogP contribution in [-0.2, 0) is 17.1 Å². The number of carbonyl (C=O) groups is 1. The minimum Gasteiger partial charge on any atom is -0.477 e. The van der Waals surface area contributed by atoms with Gasteiger partial charge in [0.1, 0.15) is 17.0 Å². The second-order valence-corrected chi connectivity index (χ2v) is 11.8. The van der Waals surface area contributed by atoms with Gasteiger partial charge in [0.05, 0.1) is 23.7 Å². The first-order valence-electron chi connectivity index (χ1n) is 14.4. The van der Waals surface area contributed by atoms with Crippen LogP contribution >= 0.6 is 11.6 Å². The van der Waals surface area contributed by atoms with Crippen LogP contribution in [-0.4, -0.2) is 61.3 Å². The van der Waals surface area contributed by atoms with E-state index >= 15 is 0 Å². The zero-order valence-electron chi connectivity index (χ0n) is 23.5. The first-order chi connectivity index (χ1) is 20.3. The summed E-state index contributed by atoms with van der Waals surface area (Å²) < 4.78 is 20.5. The van der Waals surface area contributed by atoms with E-state index < -0.39 is 11.8 Å². The van der Waals surface area contributed by atoms with E-state index in [4.69, 9.17) is 30.8 Å². The number of nitrogens with zero attached hydrogens (tertiary/aromatic N) is 5. The fraction of sp³-hybridized carbons (Fsp3) is 0.419. The summed E-state index contributed by atoms with van der Waals surface area (Å²) in [6.07, 6.45) is 4.56. The Bertz CT molecular complexity index is 1650. The topological polar surface area (TPSA) is 112 Å². The first kappa shape index (κ1) is 27.1. The van der Waals surface area contributed by atoms with Gasteiger partial charge in [-0.25, -0.2) is 14.8 Å². The number of imidazole rings is 1. The highest BCUT2D eigenvalue weighted by molar-refractivity contribution is 6.30. The molecule has 0 amide bonds. The number of fused-ring (bicyclic) bond motifs is 2. The van der Waals surface area contributed by atoms with Crippen LogP contribution in [0.5, 0.6) is 11.5 Å². The molecule has 2 saturated heterocycles. The summed E-state index contributed by atoms with van der Waals surface area (Å²) >= 11 is 6.05. The van der Waals surface area contributed by atoms with Gasteiger partial charge in [0.2, 0.25) is 0 Å². The molecule has 42 heavy (non-hydrogen) atoms. The quantitative estimate of drug-likeness (QED) is 0.296. The van der Waals surface area contributed by atoms with Crippen molar-refractivity contribution in [2.24, 2.45) is 0 Å². The zero-order chi connectivity index (χ0) is 29.0. The van der Waals surface area contributed by atoms with Crippen molar-refractivity contribution in [2.45, 2.75) is 63.5 Å². The number of ether oxygens (including phenoxy) is 3. The molecule has 11 heteroatoms. The van der Waals surface area contributed by atoms with Gasteiger partial charge >= 0.3 is 5.97 Å². The highest BCUT2D eigenvalue weighted by Crippen LogP contribution is 2.49. The Morgan fingerprint density at radius 2 is 1.93 bits per heavy atom. The summed E-state index contributed by atoms with van der Waals surface area (Å²) in [5.74, 6) is 0.643. The smallest absolute Gasteiger partial charge is 0.354 e. The van der Waals surface area contributed by atoms with E-state index in [1.54, 1.807) is 18.3 Å². The lowest BCUT2D eigenvalue weighted by molar-refractivity contribution is -0.0722. The molecule has 3 atom stereocenters. The number of rotatable bonds is 7. The van der Waals surface area contributed by atoms with Crippen LogP contribution in [0.1, 0.15) is 72.6 Å². The van der Waals surface area contributed by atoms with E-state index in [1.165, 1.54) is 6.07 Å². The molecule has 3 aliphatic heterocycles. The largest absolute Gasteiger partial charge is 0.477 e. The summed E-state index contributed by atoms with van der Waals surface area (Å²) in [6.45, 7) is 7.16. The van der Waals surface area contributed by atoms with Crippen molar-refractivity contribution in [2.75, 3.05) is 19.7 Å². The van der Waals surface area contributed by atoms with E-state index in [0.717, 1.165) is 61.8 Å². The predicted molar refractivity (Wildman–Crippen MR) is 155 cm³/mol. The summed E-state index contributed by atoms with van der Waals surface area (Å²) in [5.41, 5.74) is 3.13. The van der Waals surface area contributed by atoms with Gasteiger partial charge in [-0.1, -0.05) is 23.7 Å². The molecule has 0 aliphatic carbocycles. The Kier molecular flexibility index (Phi) is 6.79. The Balaban J connectivity index is 1.10. The monoisotopic (exact) mass is 589 g/mol. The second-order valence-electron chi connectivity index (χ2n) is 11.4. The van der Waals surface area contributed by atoms with E-state index in [2.05, 4.69) is 32.4 Å². The highest BCUT2D eigenvalue weighted by Gasteiger charge is 2.42. The molecule has 1 unspecified atom stereocenters. The molecule has 0 spiro atoms. The van der Waals surface area contributed by atoms with Crippen molar-refractivity contribution in [3.05, 3.63) is 76.5 Å². The maximum absolute atomic E-state index is 11.6. The molecule has 6 heterocycles. The summed E-state index contributed by atoms with van der Waals surface area (Å²) in [5, 5.41) is 10.1. The lowest BCUT2D eigenvalue weighted by atomic mass is 9.88. The van der Waals surface area contributed by atoms with Crippen molar-refractivity contribution in [3.8, 4) is 11.5 Å². The SMILES string of the molecule is C[C@@H](c1nc2ccc(C(=O)O)nc2n1C[C@@H]1CCO1)N1CCC(c2cccc3c2OC(C)(c2ccc(Cl)cn2)O3)CC1. The predicted octanol–water partition coefficient (Wildman–Crippen LogP) is 5.55. The number of piperidine rings is 1. The number of pyridine rings is 2. The number of para-hydroxylation sites is 1. The maximum atomic E-state index is 11.6. The van der Waals surface area contributed by atoms with Gasteiger partial charge in [0, 0.05) is 25.3 Å². The van der Waals surface area contributed by atoms with E-state index in [0.29, 0.717) is 34.3 Å². The number of benzene rings is 1. The molecular formula is C31H32ClN5O5. The molecule has 7 rings (SSSR count). The lowest BCUT2D eigenvalue weighted by Gasteiger charge is -2.36. The Morgan fingerprint density at radius 1 is 1.12 bits per heavy atom. The van der Waals surface area contributed by atoms with Crippen molar-refractivity contribution in [1.82, 2.24) is 24.4 Å². The Labute approximate surface area is 248 Å². The normalized spacial score (nSPS) is 23.2. The Hall–Kier alpha value is -3.73. The van der Waals surface area contributed by atoms with E-state index in [1.807, 2.05) is 25.1 Å². The average molecular weight is 590 g/mol. The van der Waals surface area contributed by atoms with Crippen molar-refractivity contribution in [3.63, 3.8) is 0 Å². The molecule has 3 aliphatic rings. The first-order valence-corrected chi connectivity index (χ1v) is 14.8. The lowest BCUT2D eigenvalue weighted by Crippen LogP contribution is -2.37. The van der Waals surface area contributed by atoms with Crippen LogP contribution in [0.4, 0.5) is 0 Å². The van der Waals surface area contributed by atoms with Gasteiger partial charge in [-0.2, -0.15) is 0 Å². The van der Waals surface area contributed by atoms with Crippen LogP contribution in [0.15, 0.2) is 48.7 Å². The van der Waals surface area contributed by atoms with Crippen LogP contribution < -0.4 is 9.47 Å². The van der Waals surface area contributed by atoms with Crippen molar-refractivity contribution >= 4 is 28.7 Å². The molecule has 4 aromatic rings. The van der Waals surface area contributed by atoms with Crippen LogP contribution in [0.2, 0.25) is 5.02 Å². The zero-order valence-corrected chi connectivity index (χ0v) is 24.3. The molecule has 2 fully saturated rings. The standard InChI is InChI=1S/C31H32ClN5O5/c1-18(28-34-23-7-8-24(30(38)39)35-29(23)37(28)17-21-12-15-40-21)36-13-10-19(11-14-36)22-4-3-5-25-27(22)42-31(2,41-25)26-9-6-20(32)16-33-26/h3-9,16,18-19,21H,10-15,17H2,1-2H3,(H,38,39)/t18-,21-,31?/m0/s1. The minimum absolute atomic E-state index is 0.0164. The van der Waals surface area contributed by atoms with Crippen LogP contribution in [0.3, 0.4) is 0 Å². The molecule has 1 aromatic carbocycles. The molecule has 218 valence electrons. The highest BCUT2D eigenvalue weighted by atomic mass is 35.5. The molecule has 10 nitrogen and oxygen atoms in total. The summed E-state index contributed by atoms with van der Waals surface area (Å²) in [7, 11) is 0. The van der Waals surface area contributed by atoms with Gasteiger partial charge in [0.25, 0.3) is 5.79 Å². The molecule has 0 radical (unpaired) electrons. The fourth-order valence-corrected chi connectivity index (χ4v) is 6.36. The molecule has 0 saturated carbocycles. The third-order valence-corrected chi connectivity index (χ3v) is 8.94. The molecular weight excluding hydrogens is 558 g/mol. The number of hydrogen-bond acceptors (Lipinski definition) is 8. The summed E-state index contributed by atoms with van der Waals surface area (Å²) in [4.78, 5) is 27.9. The van der Waals surface area contributed by atoms with Gasteiger partial charge in [-0.05, 0) is 75.5 Å². The number of likely N-dealkylation sites (tertiary alicyclic amines) is 1. The minimum atomic E-state index is -1.05. The van der Waals surface area contributed by atoms with Gasteiger partial charge < -0.3 is 23.9 Å². The van der Waals surface area contributed by atoms with Crippen LogP contribution in [0, 0.1) is 0 Å². The van der Waals surface area contributed by atoms with Gasteiger partial charge in [-0.3, -0.25) is 9.88 Å². The van der Waals surface area contributed by atoms with Gasteiger partial charge in [0.15, 0.2) is 22.8 Å². The third-order valence-electron chi connectivity index (χ3n) is 8.71. The third kappa shape index (κ3) is 4.77. The molecule has 3 aromatic heterocycles. The molecule has 0 bridgehead atoms. The number of carboxylic acid groups (broad SMARTS) is 1. The number of aromatic nitrogens is 4. The van der Waals surface area contributed by atoms with Gasteiger partial charge in [-0.15, -0.1) is 0 Å². The number of aromatic carboxylic acids is 1. The number of halogens is 1. The molecule has 1 N–H and O–H groups in total. The van der Waals surface area contributed by atoms with E-state index in [9.17, 15) is 9.90 Å². The number of carboxylic acids is 1. The van der Waals surface area contributed by atoms with E-state index in [-0.39, 0.29) is 17.8 Å². The van der Waals surface area contributed by atoms with Crippen molar-refractivity contribution in [1.29, 1.82) is 0 Å². The number of hydrogen-bond donors (Lipinski definition) is 1. The average Bonchev–Trinajstić information content (AvgIpc) is 3.52. The summed E-state index contributed by atoms with van der Waals surface area (Å²) in [6, 6.07) is 13.0. The second kappa shape index (κ2) is 10.5. The Morgan fingerprint density at radius 3 is 2.62 bits per heavy atom. The fourth-order valence-electron chi connectivity index (χ4n) is 6.25. The maximum Gasteiger partial charge on any atom is 0.354 e. The van der Waals surface area contributed by atoms with Crippen LogP contribution in [0.25, 0.3) is 11.2 Å².